The Kier molecular flexibility index (Phi) is 5.86. The van der Waals surface area contributed by atoms with Gasteiger partial charge in [0.25, 0.3) is 11.8 Å². The van der Waals surface area contributed by atoms with Crippen molar-refractivity contribution in [3.63, 3.8) is 0 Å². The maximum atomic E-state index is 12.5. The lowest BCUT2D eigenvalue weighted by atomic mass is 10.1. The Morgan fingerprint density at radius 3 is 2.32 bits per heavy atom. The summed E-state index contributed by atoms with van der Waals surface area (Å²) in [5.74, 6) is -1.58. The van der Waals surface area contributed by atoms with Gasteiger partial charge in [-0.1, -0.05) is 30.3 Å². The topological polar surface area (TPSA) is 97.6 Å². The molecule has 0 saturated heterocycles. The Morgan fingerprint density at radius 2 is 1.61 bits per heavy atom. The van der Waals surface area contributed by atoms with Gasteiger partial charge in [-0.25, -0.2) is 4.79 Å². The molecule has 7 heteroatoms. The van der Waals surface area contributed by atoms with E-state index in [0.717, 1.165) is 0 Å². The summed E-state index contributed by atoms with van der Waals surface area (Å²) in [4.78, 5) is 36.9. The van der Waals surface area contributed by atoms with E-state index in [9.17, 15) is 14.4 Å². The smallest absolute Gasteiger partial charge is 0.341 e. The molecule has 28 heavy (non-hydrogen) atoms. The Bertz CT molecular complexity index is 967. The zero-order valence-corrected chi connectivity index (χ0v) is 15.0. The largest absolute Gasteiger partial charge is 0.459 e. The zero-order chi connectivity index (χ0) is 19.9. The molecule has 0 aliphatic heterocycles. The number of para-hydroxylation sites is 2. The first-order valence-corrected chi connectivity index (χ1v) is 8.55. The summed E-state index contributed by atoms with van der Waals surface area (Å²) in [5.41, 5.74) is 0.979. The molecule has 0 bridgehead atoms. The van der Waals surface area contributed by atoms with E-state index in [1.165, 1.54) is 25.3 Å². The molecule has 2 N–H and O–H groups in total. The molecule has 142 valence electrons. The maximum Gasteiger partial charge on any atom is 0.341 e. The van der Waals surface area contributed by atoms with Gasteiger partial charge in [-0.2, -0.15) is 0 Å². The first kappa shape index (κ1) is 18.9. The Balaban J connectivity index is 1.67. The van der Waals surface area contributed by atoms with Crippen molar-refractivity contribution in [1.82, 2.24) is 0 Å². The molecule has 1 atom stereocenters. The molecule has 0 aliphatic carbocycles. The third-order valence-corrected chi connectivity index (χ3v) is 3.83. The highest BCUT2D eigenvalue weighted by Gasteiger charge is 2.22. The summed E-state index contributed by atoms with van der Waals surface area (Å²) in [6.45, 7) is 1.47. The van der Waals surface area contributed by atoms with E-state index in [-0.39, 0.29) is 17.0 Å². The molecule has 0 unspecified atom stereocenters. The van der Waals surface area contributed by atoms with E-state index in [1.807, 2.05) is 6.07 Å². The SMILES string of the molecule is C[C@@H](OC(=O)c1ccccc1NC(=O)c1ccco1)C(=O)Nc1ccccc1. The standard InChI is InChI=1S/C21H18N2O5/c1-14(19(24)22-15-8-3-2-4-9-15)28-21(26)16-10-5-6-11-17(16)23-20(25)18-12-7-13-27-18/h2-14H,1H3,(H,22,24)(H,23,25)/t14-/m1/s1. The highest BCUT2D eigenvalue weighted by Crippen LogP contribution is 2.18. The van der Waals surface area contributed by atoms with Gasteiger partial charge in [-0.15, -0.1) is 0 Å². The summed E-state index contributed by atoms with van der Waals surface area (Å²) < 4.78 is 10.3. The number of rotatable bonds is 6. The molecule has 0 saturated carbocycles. The molecule has 0 fully saturated rings. The number of ether oxygens (including phenoxy) is 1. The normalized spacial score (nSPS) is 11.3. The molecular weight excluding hydrogens is 360 g/mol. The molecule has 0 aliphatic rings. The average molecular weight is 378 g/mol. The highest BCUT2D eigenvalue weighted by molar-refractivity contribution is 6.07. The summed E-state index contributed by atoms with van der Waals surface area (Å²) in [7, 11) is 0. The molecule has 0 radical (unpaired) electrons. The number of furan rings is 1. The van der Waals surface area contributed by atoms with Crippen LogP contribution in [-0.2, 0) is 9.53 Å². The zero-order valence-electron chi connectivity index (χ0n) is 15.0. The van der Waals surface area contributed by atoms with E-state index in [1.54, 1.807) is 48.5 Å². The van der Waals surface area contributed by atoms with E-state index in [4.69, 9.17) is 9.15 Å². The minimum Gasteiger partial charge on any atom is -0.459 e. The molecule has 2 aromatic carbocycles. The summed E-state index contributed by atoms with van der Waals surface area (Å²) in [6, 6.07) is 18.3. The Labute approximate surface area is 161 Å². The fourth-order valence-electron chi connectivity index (χ4n) is 2.40. The highest BCUT2D eigenvalue weighted by atomic mass is 16.5. The van der Waals surface area contributed by atoms with Crippen LogP contribution in [0.15, 0.2) is 77.4 Å². The minimum absolute atomic E-state index is 0.110. The summed E-state index contributed by atoms with van der Waals surface area (Å²) in [6.07, 6.45) is 0.351. The van der Waals surface area contributed by atoms with E-state index in [2.05, 4.69) is 10.6 Å². The van der Waals surface area contributed by atoms with Crippen molar-refractivity contribution in [1.29, 1.82) is 0 Å². The summed E-state index contributed by atoms with van der Waals surface area (Å²) in [5, 5.41) is 5.27. The maximum absolute atomic E-state index is 12.5. The van der Waals surface area contributed by atoms with Crippen LogP contribution in [0.4, 0.5) is 11.4 Å². The number of hydrogen-bond donors (Lipinski definition) is 2. The number of nitrogens with one attached hydrogen (secondary N) is 2. The van der Waals surface area contributed by atoms with E-state index in [0.29, 0.717) is 5.69 Å². The van der Waals surface area contributed by atoms with Gasteiger partial charge < -0.3 is 19.8 Å². The second kappa shape index (κ2) is 8.68. The van der Waals surface area contributed by atoms with E-state index >= 15 is 0 Å². The number of anilines is 2. The molecular formula is C21H18N2O5. The van der Waals surface area contributed by atoms with Gasteiger partial charge in [0.2, 0.25) is 0 Å². The van der Waals surface area contributed by atoms with Gasteiger partial charge in [-0.05, 0) is 43.3 Å². The number of carbonyl (C=O) groups is 3. The molecule has 0 spiro atoms. The van der Waals surface area contributed by atoms with Gasteiger partial charge in [0.15, 0.2) is 11.9 Å². The molecule has 1 aromatic heterocycles. The lowest BCUT2D eigenvalue weighted by Crippen LogP contribution is -2.30. The molecule has 7 nitrogen and oxygen atoms in total. The van der Waals surface area contributed by atoms with Crippen molar-refractivity contribution in [2.75, 3.05) is 10.6 Å². The predicted molar refractivity (Wildman–Crippen MR) is 103 cm³/mol. The van der Waals surface area contributed by atoms with Crippen LogP contribution in [0.3, 0.4) is 0 Å². The average Bonchev–Trinajstić information content (AvgIpc) is 3.24. The number of carbonyl (C=O) groups excluding carboxylic acids is 3. The number of amides is 2. The van der Waals surface area contributed by atoms with Gasteiger partial charge in [-0.3, -0.25) is 9.59 Å². The molecule has 3 rings (SSSR count). The third-order valence-electron chi connectivity index (χ3n) is 3.83. The van der Waals surface area contributed by atoms with Crippen LogP contribution < -0.4 is 10.6 Å². The lowest BCUT2D eigenvalue weighted by molar-refractivity contribution is -0.123. The first-order valence-electron chi connectivity index (χ1n) is 8.55. The second-order valence-corrected chi connectivity index (χ2v) is 5.88. The van der Waals surface area contributed by atoms with Gasteiger partial charge in [0.1, 0.15) is 0 Å². The van der Waals surface area contributed by atoms with Crippen LogP contribution in [0.2, 0.25) is 0 Å². The number of hydrogen-bond acceptors (Lipinski definition) is 5. The van der Waals surface area contributed by atoms with Crippen LogP contribution in [0.1, 0.15) is 27.8 Å². The molecule has 1 heterocycles. The monoisotopic (exact) mass is 378 g/mol. The van der Waals surface area contributed by atoms with Crippen molar-refractivity contribution < 1.29 is 23.5 Å². The van der Waals surface area contributed by atoms with Crippen LogP contribution >= 0.6 is 0 Å². The summed E-state index contributed by atoms with van der Waals surface area (Å²) >= 11 is 0. The van der Waals surface area contributed by atoms with E-state index < -0.39 is 23.9 Å². The second-order valence-electron chi connectivity index (χ2n) is 5.88. The minimum atomic E-state index is -1.03. The number of esters is 1. The Hall–Kier alpha value is -3.87. The number of benzene rings is 2. The van der Waals surface area contributed by atoms with Crippen molar-refractivity contribution in [2.45, 2.75) is 13.0 Å². The van der Waals surface area contributed by atoms with Crippen molar-refractivity contribution in [3.8, 4) is 0 Å². The third kappa shape index (κ3) is 4.64. The van der Waals surface area contributed by atoms with Crippen molar-refractivity contribution in [3.05, 3.63) is 84.3 Å². The van der Waals surface area contributed by atoms with Gasteiger partial charge in [0.05, 0.1) is 17.5 Å². The molecule has 2 amide bonds. The Morgan fingerprint density at radius 1 is 0.893 bits per heavy atom. The fourth-order valence-corrected chi connectivity index (χ4v) is 2.40. The fraction of sp³-hybridized carbons (Fsp3) is 0.0952. The van der Waals surface area contributed by atoms with Crippen LogP contribution in [0, 0.1) is 0 Å². The molecule has 3 aromatic rings. The van der Waals surface area contributed by atoms with Gasteiger partial charge in [0, 0.05) is 5.69 Å². The van der Waals surface area contributed by atoms with Crippen LogP contribution in [-0.4, -0.2) is 23.9 Å². The predicted octanol–water partition coefficient (Wildman–Crippen LogP) is 3.72. The quantitative estimate of drug-likeness (QED) is 0.637. The van der Waals surface area contributed by atoms with Crippen molar-refractivity contribution >= 4 is 29.2 Å². The van der Waals surface area contributed by atoms with Crippen LogP contribution in [0.5, 0.6) is 0 Å². The van der Waals surface area contributed by atoms with Crippen molar-refractivity contribution in [2.24, 2.45) is 0 Å². The lowest BCUT2D eigenvalue weighted by Gasteiger charge is -2.15. The first-order chi connectivity index (χ1) is 13.5. The van der Waals surface area contributed by atoms with Gasteiger partial charge >= 0.3 is 5.97 Å². The van der Waals surface area contributed by atoms with Crippen LogP contribution in [0.25, 0.3) is 0 Å².